The van der Waals surface area contributed by atoms with Gasteiger partial charge in [0.05, 0.1) is 16.3 Å². The van der Waals surface area contributed by atoms with Crippen LogP contribution in [0.4, 0.5) is 10.5 Å². The van der Waals surface area contributed by atoms with Crippen molar-refractivity contribution in [3.8, 4) is 5.82 Å². The normalized spacial score (nSPS) is 10.6. The molecule has 3 aromatic rings. The summed E-state index contributed by atoms with van der Waals surface area (Å²) in [6, 6.07) is 7.54. The Hall–Kier alpha value is -2.32. The number of nitrogens with two attached hydrogens (primary N) is 1. The quantitative estimate of drug-likeness (QED) is 0.218. The minimum atomic E-state index is -1.66. The third-order valence-corrected chi connectivity index (χ3v) is 5.57. The Morgan fingerprint density at radius 2 is 1.90 bits per heavy atom. The standard InChI is InChI=1S/C17H10Br3ClN6O4/c18-7-4-8(16(29)26(22)17(30)31)13(9(19)5-7)24-15(28)11-6-12(20)25-27(11)14-10(21)2-1-3-23-14/h1-6H,22H2,(H,24,28)(H,30,31). The number of benzene rings is 1. The van der Waals surface area contributed by atoms with Crippen LogP contribution in [0, 0.1) is 0 Å². The molecule has 10 nitrogen and oxygen atoms in total. The van der Waals surface area contributed by atoms with Gasteiger partial charge in [0.1, 0.15) is 10.3 Å². The molecule has 4 N–H and O–H groups in total. The van der Waals surface area contributed by atoms with E-state index < -0.39 is 17.9 Å². The van der Waals surface area contributed by atoms with Gasteiger partial charge in [-0.15, -0.1) is 0 Å². The molecule has 0 unspecified atom stereocenters. The summed E-state index contributed by atoms with van der Waals surface area (Å²) < 4.78 is 2.32. The van der Waals surface area contributed by atoms with Crippen LogP contribution in [0.1, 0.15) is 20.8 Å². The first kappa shape index (κ1) is 23.3. The Bertz CT molecular complexity index is 1220. The van der Waals surface area contributed by atoms with Crippen LogP contribution < -0.4 is 11.2 Å². The van der Waals surface area contributed by atoms with Crippen LogP contribution in [0.25, 0.3) is 5.82 Å². The molecule has 0 fully saturated rings. The second kappa shape index (κ2) is 9.44. The molecule has 31 heavy (non-hydrogen) atoms. The lowest BCUT2D eigenvalue weighted by molar-refractivity contribution is 0.0742. The van der Waals surface area contributed by atoms with E-state index in [2.05, 4.69) is 63.2 Å². The molecule has 0 atom stereocenters. The van der Waals surface area contributed by atoms with E-state index in [4.69, 9.17) is 22.6 Å². The van der Waals surface area contributed by atoms with Crippen molar-refractivity contribution in [1.82, 2.24) is 19.8 Å². The summed E-state index contributed by atoms with van der Waals surface area (Å²) in [6.45, 7) is 0. The van der Waals surface area contributed by atoms with E-state index in [9.17, 15) is 14.4 Å². The number of rotatable bonds is 4. The molecule has 0 bridgehead atoms. The van der Waals surface area contributed by atoms with E-state index in [1.165, 1.54) is 23.0 Å². The highest BCUT2D eigenvalue weighted by Crippen LogP contribution is 2.32. The number of anilines is 1. The number of hydrazine groups is 1. The van der Waals surface area contributed by atoms with Crippen molar-refractivity contribution < 1.29 is 19.5 Å². The Labute approximate surface area is 204 Å². The van der Waals surface area contributed by atoms with Crippen LogP contribution in [-0.2, 0) is 0 Å². The molecule has 1 aromatic carbocycles. The van der Waals surface area contributed by atoms with Gasteiger partial charge in [0.25, 0.3) is 11.8 Å². The fourth-order valence-electron chi connectivity index (χ4n) is 2.47. The number of nitrogens with one attached hydrogen (secondary N) is 1. The van der Waals surface area contributed by atoms with Gasteiger partial charge in [0.15, 0.2) is 5.82 Å². The number of amides is 3. The number of carboxylic acid groups (broad SMARTS) is 1. The molecule has 14 heteroatoms. The van der Waals surface area contributed by atoms with Gasteiger partial charge in [0.2, 0.25) is 0 Å². The number of hydrogen-bond donors (Lipinski definition) is 3. The average molecular weight is 637 g/mol. The lowest BCUT2D eigenvalue weighted by atomic mass is 10.1. The molecule has 3 amide bonds. The van der Waals surface area contributed by atoms with Gasteiger partial charge >= 0.3 is 6.09 Å². The molecular formula is C17H10Br3ClN6O4. The third-order valence-electron chi connectivity index (χ3n) is 3.80. The number of halogens is 4. The maximum atomic E-state index is 13.1. The summed E-state index contributed by atoms with van der Waals surface area (Å²) in [6.07, 6.45) is -0.173. The summed E-state index contributed by atoms with van der Waals surface area (Å²) in [5, 5.41) is 16.1. The van der Waals surface area contributed by atoms with Crippen LogP contribution in [0.2, 0.25) is 5.02 Å². The molecule has 2 heterocycles. The monoisotopic (exact) mass is 634 g/mol. The number of nitrogens with zero attached hydrogens (tertiary/aromatic N) is 4. The zero-order valence-corrected chi connectivity index (χ0v) is 20.5. The first-order valence-electron chi connectivity index (χ1n) is 8.09. The highest BCUT2D eigenvalue weighted by molar-refractivity contribution is 9.11. The van der Waals surface area contributed by atoms with Crippen molar-refractivity contribution in [2.45, 2.75) is 0 Å². The number of pyridine rings is 1. The minimum absolute atomic E-state index is 0.00545. The van der Waals surface area contributed by atoms with Gasteiger partial charge in [-0.3, -0.25) is 9.59 Å². The number of imide groups is 1. The minimum Gasteiger partial charge on any atom is -0.464 e. The second-order valence-electron chi connectivity index (χ2n) is 5.79. The highest BCUT2D eigenvalue weighted by Gasteiger charge is 2.26. The van der Waals surface area contributed by atoms with Crippen molar-refractivity contribution >= 4 is 83.0 Å². The van der Waals surface area contributed by atoms with Gasteiger partial charge in [-0.2, -0.15) is 10.1 Å². The molecule has 160 valence electrons. The van der Waals surface area contributed by atoms with E-state index in [-0.39, 0.29) is 32.8 Å². The first-order valence-corrected chi connectivity index (χ1v) is 10.8. The highest BCUT2D eigenvalue weighted by atomic mass is 79.9. The smallest absolute Gasteiger partial charge is 0.429 e. The predicted octanol–water partition coefficient (Wildman–Crippen LogP) is 4.45. The second-order valence-corrected chi connectivity index (χ2v) is 8.78. The Kier molecular flexibility index (Phi) is 7.11. The average Bonchev–Trinajstić information content (AvgIpc) is 3.10. The van der Waals surface area contributed by atoms with Gasteiger partial charge in [-0.25, -0.2) is 20.3 Å². The van der Waals surface area contributed by atoms with Crippen molar-refractivity contribution in [2.24, 2.45) is 5.84 Å². The van der Waals surface area contributed by atoms with Gasteiger partial charge in [0, 0.05) is 21.2 Å². The summed E-state index contributed by atoms with van der Waals surface area (Å²) in [4.78, 5) is 40.9. The Morgan fingerprint density at radius 3 is 2.55 bits per heavy atom. The predicted molar refractivity (Wildman–Crippen MR) is 122 cm³/mol. The molecule has 0 saturated carbocycles. The zero-order chi connectivity index (χ0) is 22.9. The van der Waals surface area contributed by atoms with Crippen LogP contribution in [0.3, 0.4) is 0 Å². The SMILES string of the molecule is NN(C(=O)O)C(=O)c1cc(Br)cc(Br)c1NC(=O)c1cc(Br)nn1-c1ncccc1Cl. The maximum Gasteiger partial charge on any atom is 0.429 e. The van der Waals surface area contributed by atoms with Crippen LogP contribution in [0.5, 0.6) is 0 Å². The number of carbonyl (C=O) groups excluding carboxylic acids is 2. The molecule has 0 aliphatic rings. The van der Waals surface area contributed by atoms with Crippen molar-refractivity contribution in [3.63, 3.8) is 0 Å². The van der Waals surface area contributed by atoms with E-state index in [1.807, 2.05) is 0 Å². The van der Waals surface area contributed by atoms with Crippen LogP contribution in [-0.4, -0.2) is 42.8 Å². The Balaban J connectivity index is 2.05. The Morgan fingerprint density at radius 1 is 1.19 bits per heavy atom. The van der Waals surface area contributed by atoms with Crippen LogP contribution >= 0.6 is 59.4 Å². The molecule has 0 aliphatic heterocycles. The fourth-order valence-corrected chi connectivity index (χ4v) is 4.37. The molecule has 0 radical (unpaired) electrons. The number of hydrogen-bond acceptors (Lipinski definition) is 6. The summed E-state index contributed by atoms with van der Waals surface area (Å²) in [7, 11) is 0. The molecule has 0 aliphatic carbocycles. The number of aromatic nitrogens is 3. The molecular weight excluding hydrogens is 627 g/mol. The van der Waals surface area contributed by atoms with Gasteiger partial charge < -0.3 is 10.4 Å². The van der Waals surface area contributed by atoms with Crippen LogP contribution in [0.15, 0.2) is 50.1 Å². The topological polar surface area (TPSA) is 143 Å². The van der Waals surface area contributed by atoms with Gasteiger partial charge in [-0.05, 0) is 56.1 Å². The fraction of sp³-hybridized carbons (Fsp3) is 0. The lowest BCUT2D eigenvalue weighted by Crippen LogP contribution is -2.42. The molecule has 0 saturated heterocycles. The van der Waals surface area contributed by atoms with E-state index in [0.717, 1.165) is 0 Å². The van der Waals surface area contributed by atoms with Gasteiger partial charge in [-0.1, -0.05) is 27.5 Å². The summed E-state index contributed by atoms with van der Waals surface area (Å²) in [5.41, 5.74) is -0.116. The maximum absolute atomic E-state index is 13.1. The summed E-state index contributed by atoms with van der Waals surface area (Å²) >= 11 is 15.9. The number of carbonyl (C=O) groups is 3. The van der Waals surface area contributed by atoms with E-state index in [1.54, 1.807) is 18.2 Å². The van der Waals surface area contributed by atoms with Crippen molar-refractivity contribution in [3.05, 3.63) is 66.4 Å². The largest absolute Gasteiger partial charge is 0.464 e. The molecule has 3 rings (SSSR count). The summed E-state index contributed by atoms with van der Waals surface area (Å²) in [5.74, 6) is 3.81. The van der Waals surface area contributed by atoms with E-state index in [0.29, 0.717) is 13.5 Å². The first-order chi connectivity index (χ1) is 14.6. The lowest BCUT2D eigenvalue weighted by Gasteiger charge is -2.17. The van der Waals surface area contributed by atoms with E-state index >= 15 is 0 Å². The zero-order valence-electron chi connectivity index (χ0n) is 15.0. The van der Waals surface area contributed by atoms with Crippen molar-refractivity contribution in [1.29, 1.82) is 0 Å². The third kappa shape index (κ3) is 4.96. The van der Waals surface area contributed by atoms with Crippen molar-refractivity contribution in [2.75, 3.05) is 5.32 Å². The molecule has 2 aromatic heterocycles. The molecule has 0 spiro atoms.